The van der Waals surface area contributed by atoms with Gasteiger partial charge in [0, 0.05) is 15.4 Å². The number of nitrogens with zero attached hydrogens (tertiary/aromatic N) is 1. The van der Waals surface area contributed by atoms with Gasteiger partial charge in [0.15, 0.2) is 0 Å². The number of carbonyl (C=O) groups excluding carboxylic acids is 1. The zero-order valence-corrected chi connectivity index (χ0v) is 14.3. The monoisotopic (exact) mass is 380 g/mol. The van der Waals surface area contributed by atoms with Gasteiger partial charge in [0.2, 0.25) is 6.41 Å². The number of halogens is 1. The highest BCUT2D eigenvalue weighted by molar-refractivity contribution is 9.10. The van der Waals surface area contributed by atoms with E-state index in [1.165, 1.54) is 17.8 Å². The van der Waals surface area contributed by atoms with Crippen LogP contribution in [0.2, 0.25) is 0 Å². The van der Waals surface area contributed by atoms with Gasteiger partial charge in [-0.15, -0.1) is 0 Å². The van der Waals surface area contributed by atoms with Crippen molar-refractivity contribution in [3.63, 3.8) is 0 Å². The summed E-state index contributed by atoms with van der Waals surface area (Å²) in [6.07, 6.45) is 0.609. The summed E-state index contributed by atoms with van der Waals surface area (Å²) in [6, 6.07) is 8.76. The molecule has 1 amide bonds. The van der Waals surface area contributed by atoms with Crippen LogP contribution in [0.1, 0.15) is 11.1 Å². The van der Waals surface area contributed by atoms with Gasteiger partial charge in [-0.3, -0.25) is 14.9 Å². The smallest absolute Gasteiger partial charge is 0.284 e. The minimum Gasteiger partial charge on any atom is -0.327 e. The second-order valence-corrected chi connectivity index (χ2v) is 6.69. The Kier molecular flexibility index (Phi) is 5.20. The Balaban J connectivity index is 2.51. The van der Waals surface area contributed by atoms with Crippen molar-refractivity contribution in [2.24, 2.45) is 0 Å². The average Bonchev–Trinajstić information content (AvgIpc) is 2.44. The first kappa shape index (κ1) is 16.5. The average molecular weight is 381 g/mol. The van der Waals surface area contributed by atoms with E-state index in [1.807, 2.05) is 26.0 Å². The summed E-state index contributed by atoms with van der Waals surface area (Å²) in [5.41, 5.74) is 2.63. The molecule has 0 atom stereocenters. The van der Waals surface area contributed by atoms with Crippen LogP contribution < -0.4 is 5.32 Å². The third-order valence-electron chi connectivity index (χ3n) is 2.98. The van der Waals surface area contributed by atoms with Crippen molar-refractivity contribution in [1.29, 1.82) is 0 Å². The van der Waals surface area contributed by atoms with Crippen molar-refractivity contribution in [1.82, 2.24) is 0 Å². The quantitative estimate of drug-likeness (QED) is 0.463. The lowest BCUT2D eigenvalue weighted by molar-refractivity contribution is -0.387. The normalized spacial score (nSPS) is 10.3. The number of rotatable bonds is 5. The summed E-state index contributed by atoms with van der Waals surface area (Å²) in [7, 11) is 0. The first-order chi connectivity index (χ1) is 10.4. The molecule has 0 saturated heterocycles. The van der Waals surface area contributed by atoms with E-state index in [0.717, 1.165) is 16.0 Å². The summed E-state index contributed by atoms with van der Waals surface area (Å²) in [5.74, 6) is 0. The summed E-state index contributed by atoms with van der Waals surface area (Å²) in [6.45, 7) is 3.83. The Bertz CT molecular complexity index is 750. The Morgan fingerprint density at radius 3 is 2.59 bits per heavy atom. The highest BCUT2D eigenvalue weighted by Crippen LogP contribution is 2.41. The number of aryl methyl sites for hydroxylation is 2. The van der Waals surface area contributed by atoms with Crippen LogP contribution in [0.3, 0.4) is 0 Å². The van der Waals surface area contributed by atoms with Crippen LogP contribution >= 0.6 is 27.7 Å². The number of hydrogen-bond donors (Lipinski definition) is 1. The molecule has 0 radical (unpaired) electrons. The maximum Gasteiger partial charge on any atom is 0.284 e. The van der Waals surface area contributed by atoms with Crippen molar-refractivity contribution < 1.29 is 9.72 Å². The fourth-order valence-corrected chi connectivity index (χ4v) is 3.62. The van der Waals surface area contributed by atoms with Crippen LogP contribution in [0.15, 0.2) is 44.6 Å². The fourth-order valence-electron chi connectivity index (χ4n) is 2.09. The topological polar surface area (TPSA) is 72.2 Å². The third kappa shape index (κ3) is 3.66. The molecule has 0 unspecified atom stereocenters. The molecule has 2 rings (SSSR count). The summed E-state index contributed by atoms with van der Waals surface area (Å²) >= 11 is 4.50. The summed E-state index contributed by atoms with van der Waals surface area (Å²) < 4.78 is 0.648. The summed E-state index contributed by atoms with van der Waals surface area (Å²) in [4.78, 5) is 22.9. The molecule has 2 aromatic rings. The van der Waals surface area contributed by atoms with Crippen molar-refractivity contribution in [2.75, 3.05) is 5.32 Å². The molecule has 0 aliphatic heterocycles. The highest BCUT2D eigenvalue weighted by Gasteiger charge is 2.17. The van der Waals surface area contributed by atoms with E-state index < -0.39 is 4.92 Å². The molecule has 0 bridgehead atoms. The third-order valence-corrected chi connectivity index (χ3v) is 4.58. The maximum absolute atomic E-state index is 11.2. The molecule has 2 aromatic carbocycles. The number of anilines is 1. The van der Waals surface area contributed by atoms with E-state index in [0.29, 0.717) is 21.5 Å². The SMILES string of the molecule is Cc1cc(C)c(NC=O)c(Sc2ccc(Br)cc2[N+](=O)[O-])c1. The molecule has 1 N–H and O–H groups in total. The molecule has 22 heavy (non-hydrogen) atoms. The Morgan fingerprint density at radius 1 is 1.23 bits per heavy atom. The minimum atomic E-state index is -0.414. The lowest BCUT2D eigenvalue weighted by Crippen LogP contribution is -1.99. The van der Waals surface area contributed by atoms with Crippen LogP contribution in [0.4, 0.5) is 11.4 Å². The van der Waals surface area contributed by atoms with Gasteiger partial charge >= 0.3 is 0 Å². The van der Waals surface area contributed by atoms with Crippen molar-refractivity contribution in [3.05, 3.63) is 56.0 Å². The molecule has 0 spiro atoms. The fraction of sp³-hybridized carbons (Fsp3) is 0.133. The van der Waals surface area contributed by atoms with E-state index >= 15 is 0 Å². The Morgan fingerprint density at radius 2 is 1.95 bits per heavy atom. The highest BCUT2D eigenvalue weighted by atomic mass is 79.9. The maximum atomic E-state index is 11.2. The van der Waals surface area contributed by atoms with Gasteiger partial charge in [0.1, 0.15) is 0 Å². The molecule has 0 fully saturated rings. The number of hydrogen-bond acceptors (Lipinski definition) is 4. The van der Waals surface area contributed by atoms with Gasteiger partial charge < -0.3 is 5.32 Å². The molecule has 7 heteroatoms. The van der Waals surface area contributed by atoms with Crippen molar-refractivity contribution in [3.8, 4) is 0 Å². The standard InChI is InChI=1S/C15H13BrN2O3S/c1-9-5-10(2)15(17-8-19)14(6-9)22-13-4-3-11(16)7-12(13)18(20)21/h3-8H,1-2H3,(H,17,19). The Labute approximate surface area is 140 Å². The second kappa shape index (κ2) is 6.93. The van der Waals surface area contributed by atoms with Crippen LogP contribution in [-0.2, 0) is 4.79 Å². The number of amides is 1. The lowest BCUT2D eigenvalue weighted by atomic mass is 10.1. The zero-order valence-electron chi connectivity index (χ0n) is 11.9. The van der Waals surface area contributed by atoms with E-state index in [9.17, 15) is 14.9 Å². The molecule has 0 heterocycles. The molecule has 5 nitrogen and oxygen atoms in total. The number of nitrogens with one attached hydrogen (secondary N) is 1. The first-order valence-corrected chi connectivity index (χ1v) is 7.96. The largest absolute Gasteiger partial charge is 0.327 e. The lowest BCUT2D eigenvalue weighted by Gasteiger charge is -2.12. The van der Waals surface area contributed by atoms with Gasteiger partial charge in [0.05, 0.1) is 15.5 Å². The first-order valence-electron chi connectivity index (χ1n) is 6.35. The molecule has 0 saturated carbocycles. The van der Waals surface area contributed by atoms with Crippen LogP contribution in [0.25, 0.3) is 0 Å². The molecule has 0 aliphatic carbocycles. The van der Waals surface area contributed by atoms with E-state index in [2.05, 4.69) is 21.2 Å². The number of nitro benzene ring substituents is 1. The van der Waals surface area contributed by atoms with E-state index in [1.54, 1.807) is 12.1 Å². The molecular formula is C15H13BrN2O3S. The number of carbonyl (C=O) groups is 1. The number of benzene rings is 2. The van der Waals surface area contributed by atoms with Gasteiger partial charge in [-0.1, -0.05) is 33.8 Å². The molecular weight excluding hydrogens is 368 g/mol. The van der Waals surface area contributed by atoms with E-state index in [4.69, 9.17) is 0 Å². The minimum absolute atomic E-state index is 0.0237. The molecule has 0 aromatic heterocycles. The Hall–Kier alpha value is -1.86. The number of nitro groups is 1. The van der Waals surface area contributed by atoms with Crippen LogP contribution in [0, 0.1) is 24.0 Å². The molecule has 0 aliphatic rings. The van der Waals surface area contributed by atoms with Crippen molar-refractivity contribution in [2.45, 2.75) is 23.6 Å². The predicted octanol–water partition coefficient (Wildman–Crippen LogP) is 4.69. The van der Waals surface area contributed by atoms with Gasteiger partial charge in [-0.25, -0.2) is 0 Å². The predicted molar refractivity (Wildman–Crippen MR) is 90.5 cm³/mol. The van der Waals surface area contributed by atoms with Gasteiger partial charge in [-0.05, 0) is 43.2 Å². The molecule has 114 valence electrons. The summed E-state index contributed by atoms with van der Waals surface area (Å²) in [5, 5.41) is 13.9. The van der Waals surface area contributed by atoms with Crippen LogP contribution in [0.5, 0.6) is 0 Å². The zero-order chi connectivity index (χ0) is 16.3. The van der Waals surface area contributed by atoms with Crippen molar-refractivity contribution >= 4 is 45.5 Å². The van der Waals surface area contributed by atoms with Gasteiger partial charge in [0.25, 0.3) is 5.69 Å². The van der Waals surface area contributed by atoms with E-state index in [-0.39, 0.29) is 5.69 Å². The van der Waals surface area contributed by atoms with Crippen LogP contribution in [-0.4, -0.2) is 11.3 Å². The van der Waals surface area contributed by atoms with Gasteiger partial charge in [-0.2, -0.15) is 0 Å². The second-order valence-electron chi connectivity index (χ2n) is 4.69.